The molecular formula is C14H20N2O2. The van der Waals surface area contributed by atoms with Crippen molar-refractivity contribution in [2.45, 2.75) is 25.9 Å². The summed E-state index contributed by atoms with van der Waals surface area (Å²) in [4.78, 5) is 0. The van der Waals surface area contributed by atoms with Crippen molar-refractivity contribution in [2.24, 2.45) is 11.7 Å². The highest BCUT2D eigenvalue weighted by atomic mass is 16.5. The van der Waals surface area contributed by atoms with Crippen molar-refractivity contribution in [3.63, 3.8) is 0 Å². The maximum Gasteiger partial charge on any atom is 0.129 e. The Morgan fingerprint density at radius 3 is 2.83 bits per heavy atom. The molecule has 1 aliphatic carbocycles. The standard InChI is InChI=1S/C14H20N2O2/c1-17-13-5-4-11(8-12(13)14(15)16)9-18-7-6-10-2-3-10/h4-5,8,10H,2-3,6-7,9H2,1H3,(H3,15,16). The maximum atomic E-state index is 7.51. The zero-order valence-electron chi connectivity index (χ0n) is 10.7. The van der Waals surface area contributed by atoms with E-state index >= 15 is 0 Å². The number of nitrogen functional groups attached to an aromatic ring is 1. The second kappa shape index (κ2) is 5.87. The number of ether oxygens (including phenoxy) is 2. The fraction of sp³-hybridized carbons (Fsp3) is 0.500. The average Bonchev–Trinajstić information content (AvgIpc) is 3.18. The van der Waals surface area contributed by atoms with Crippen LogP contribution in [0.3, 0.4) is 0 Å². The minimum atomic E-state index is 0.0201. The van der Waals surface area contributed by atoms with Gasteiger partial charge >= 0.3 is 0 Å². The fourth-order valence-corrected chi connectivity index (χ4v) is 1.90. The number of hydrogen-bond donors (Lipinski definition) is 2. The summed E-state index contributed by atoms with van der Waals surface area (Å²) in [6.45, 7) is 1.38. The van der Waals surface area contributed by atoms with Crippen LogP contribution in [-0.4, -0.2) is 19.6 Å². The smallest absolute Gasteiger partial charge is 0.129 e. The van der Waals surface area contributed by atoms with Crippen LogP contribution in [0, 0.1) is 11.3 Å². The highest BCUT2D eigenvalue weighted by Gasteiger charge is 2.20. The number of methoxy groups -OCH3 is 1. The Hall–Kier alpha value is -1.55. The largest absolute Gasteiger partial charge is 0.496 e. The third-order valence-electron chi connectivity index (χ3n) is 3.19. The number of amidine groups is 1. The Morgan fingerprint density at radius 1 is 1.44 bits per heavy atom. The van der Waals surface area contributed by atoms with E-state index in [0.717, 1.165) is 24.5 Å². The molecule has 0 radical (unpaired) electrons. The van der Waals surface area contributed by atoms with Gasteiger partial charge in [-0.25, -0.2) is 0 Å². The van der Waals surface area contributed by atoms with Gasteiger partial charge in [0.25, 0.3) is 0 Å². The van der Waals surface area contributed by atoms with E-state index in [1.807, 2.05) is 18.2 Å². The molecule has 2 rings (SSSR count). The van der Waals surface area contributed by atoms with Crippen molar-refractivity contribution in [1.29, 1.82) is 5.41 Å². The summed E-state index contributed by atoms with van der Waals surface area (Å²) in [7, 11) is 1.58. The molecule has 98 valence electrons. The molecule has 0 aromatic heterocycles. The molecule has 0 atom stereocenters. The zero-order valence-corrected chi connectivity index (χ0v) is 10.7. The Bertz CT molecular complexity index is 428. The molecule has 0 bridgehead atoms. The molecule has 4 heteroatoms. The molecule has 1 aromatic rings. The Labute approximate surface area is 108 Å². The third kappa shape index (κ3) is 3.47. The molecule has 0 unspecified atom stereocenters. The molecule has 0 spiro atoms. The summed E-state index contributed by atoms with van der Waals surface area (Å²) in [5.74, 6) is 1.55. The zero-order chi connectivity index (χ0) is 13.0. The van der Waals surface area contributed by atoms with Gasteiger partial charge < -0.3 is 15.2 Å². The molecule has 1 fully saturated rings. The first-order valence-electron chi connectivity index (χ1n) is 6.29. The highest BCUT2D eigenvalue weighted by Crippen LogP contribution is 2.32. The molecule has 4 nitrogen and oxygen atoms in total. The molecule has 3 N–H and O–H groups in total. The molecule has 0 amide bonds. The van der Waals surface area contributed by atoms with Gasteiger partial charge in [0.1, 0.15) is 11.6 Å². The molecule has 1 aliphatic rings. The monoisotopic (exact) mass is 248 g/mol. The van der Waals surface area contributed by atoms with Crippen LogP contribution in [0.1, 0.15) is 30.4 Å². The van der Waals surface area contributed by atoms with Gasteiger partial charge in [-0.3, -0.25) is 5.41 Å². The number of rotatable bonds is 7. The van der Waals surface area contributed by atoms with E-state index < -0.39 is 0 Å². The normalized spacial score (nSPS) is 14.5. The third-order valence-corrected chi connectivity index (χ3v) is 3.19. The van der Waals surface area contributed by atoms with Crippen molar-refractivity contribution in [3.8, 4) is 5.75 Å². The van der Waals surface area contributed by atoms with E-state index in [2.05, 4.69) is 0 Å². The average molecular weight is 248 g/mol. The predicted octanol–water partition coefficient (Wildman–Crippen LogP) is 2.30. The number of benzene rings is 1. The molecule has 0 saturated heterocycles. The summed E-state index contributed by atoms with van der Waals surface area (Å²) < 4.78 is 10.8. The molecular weight excluding hydrogens is 228 g/mol. The topological polar surface area (TPSA) is 68.3 Å². The lowest BCUT2D eigenvalue weighted by molar-refractivity contribution is 0.115. The summed E-state index contributed by atoms with van der Waals surface area (Å²) >= 11 is 0. The number of hydrogen-bond acceptors (Lipinski definition) is 3. The summed E-state index contributed by atoms with van der Waals surface area (Å²) in [6.07, 6.45) is 3.89. The van der Waals surface area contributed by atoms with Gasteiger partial charge in [0.05, 0.1) is 19.3 Å². The van der Waals surface area contributed by atoms with Crippen molar-refractivity contribution in [2.75, 3.05) is 13.7 Å². The van der Waals surface area contributed by atoms with Crippen LogP contribution in [0.25, 0.3) is 0 Å². The second-order valence-electron chi connectivity index (χ2n) is 4.73. The molecule has 1 saturated carbocycles. The summed E-state index contributed by atoms with van der Waals surface area (Å²) in [5, 5.41) is 7.51. The second-order valence-corrected chi connectivity index (χ2v) is 4.73. The van der Waals surface area contributed by atoms with Gasteiger partial charge in [0, 0.05) is 6.61 Å². The van der Waals surface area contributed by atoms with E-state index in [1.54, 1.807) is 7.11 Å². The first-order valence-corrected chi connectivity index (χ1v) is 6.29. The van der Waals surface area contributed by atoms with Crippen LogP contribution in [-0.2, 0) is 11.3 Å². The Balaban J connectivity index is 1.90. The van der Waals surface area contributed by atoms with Gasteiger partial charge in [-0.1, -0.05) is 18.9 Å². The van der Waals surface area contributed by atoms with E-state index in [-0.39, 0.29) is 5.84 Å². The first kappa shape index (κ1) is 12.9. The number of nitrogens with one attached hydrogen (secondary N) is 1. The van der Waals surface area contributed by atoms with Gasteiger partial charge in [0.15, 0.2) is 0 Å². The van der Waals surface area contributed by atoms with Crippen molar-refractivity contribution >= 4 is 5.84 Å². The SMILES string of the molecule is COc1ccc(COCCC2CC2)cc1C(=N)N. The van der Waals surface area contributed by atoms with E-state index in [9.17, 15) is 0 Å². The number of nitrogens with two attached hydrogens (primary N) is 1. The van der Waals surface area contributed by atoms with Crippen LogP contribution < -0.4 is 10.5 Å². The van der Waals surface area contributed by atoms with Gasteiger partial charge in [-0.2, -0.15) is 0 Å². The van der Waals surface area contributed by atoms with E-state index in [4.69, 9.17) is 20.6 Å². The van der Waals surface area contributed by atoms with Crippen molar-refractivity contribution < 1.29 is 9.47 Å². The summed E-state index contributed by atoms with van der Waals surface area (Å²) in [6, 6.07) is 5.64. The van der Waals surface area contributed by atoms with Gasteiger partial charge in [-0.15, -0.1) is 0 Å². The summed E-state index contributed by atoms with van der Waals surface area (Å²) in [5.41, 5.74) is 7.17. The quantitative estimate of drug-likeness (QED) is 0.442. The highest BCUT2D eigenvalue weighted by molar-refractivity contribution is 5.97. The molecule has 0 aliphatic heterocycles. The van der Waals surface area contributed by atoms with Gasteiger partial charge in [-0.05, 0) is 30.0 Å². The van der Waals surface area contributed by atoms with Crippen LogP contribution in [0.15, 0.2) is 18.2 Å². The molecule has 0 heterocycles. The Kier molecular flexibility index (Phi) is 4.20. The lowest BCUT2D eigenvalue weighted by Crippen LogP contribution is -2.13. The van der Waals surface area contributed by atoms with Crippen LogP contribution in [0.5, 0.6) is 5.75 Å². The van der Waals surface area contributed by atoms with Crippen LogP contribution >= 0.6 is 0 Å². The molecule has 18 heavy (non-hydrogen) atoms. The van der Waals surface area contributed by atoms with Crippen LogP contribution in [0.4, 0.5) is 0 Å². The van der Waals surface area contributed by atoms with Crippen molar-refractivity contribution in [3.05, 3.63) is 29.3 Å². The van der Waals surface area contributed by atoms with Gasteiger partial charge in [0.2, 0.25) is 0 Å². The fourth-order valence-electron chi connectivity index (χ4n) is 1.90. The Morgan fingerprint density at radius 2 is 2.22 bits per heavy atom. The lowest BCUT2D eigenvalue weighted by atomic mass is 10.1. The van der Waals surface area contributed by atoms with E-state index in [0.29, 0.717) is 17.9 Å². The first-order chi connectivity index (χ1) is 8.70. The minimum Gasteiger partial charge on any atom is -0.496 e. The van der Waals surface area contributed by atoms with Crippen LogP contribution in [0.2, 0.25) is 0 Å². The minimum absolute atomic E-state index is 0.0201. The lowest BCUT2D eigenvalue weighted by Gasteiger charge is -2.10. The predicted molar refractivity (Wildman–Crippen MR) is 71.0 cm³/mol. The molecule has 1 aromatic carbocycles. The maximum absolute atomic E-state index is 7.51. The van der Waals surface area contributed by atoms with E-state index in [1.165, 1.54) is 12.8 Å². The van der Waals surface area contributed by atoms with Crippen molar-refractivity contribution in [1.82, 2.24) is 0 Å².